The molecule has 7 nitrogen and oxygen atoms in total. The molecule has 1 heterocycles. The van der Waals surface area contributed by atoms with E-state index in [0.29, 0.717) is 45.1 Å². The van der Waals surface area contributed by atoms with Crippen LogP contribution in [0.3, 0.4) is 0 Å². The molecule has 0 radical (unpaired) electrons. The van der Waals surface area contributed by atoms with Crippen LogP contribution in [-0.2, 0) is 16.4 Å². The first kappa shape index (κ1) is 21.6. The molecule has 5 N–H and O–H groups in total. The molecule has 0 saturated heterocycles. The molecule has 0 aliphatic heterocycles. The van der Waals surface area contributed by atoms with Gasteiger partial charge in [0.1, 0.15) is 5.82 Å². The lowest BCUT2D eigenvalue weighted by Gasteiger charge is -2.11. The fourth-order valence-electron chi connectivity index (χ4n) is 2.62. The number of aromatic nitrogens is 2. The van der Waals surface area contributed by atoms with Crippen molar-refractivity contribution in [2.45, 2.75) is 11.3 Å². The van der Waals surface area contributed by atoms with E-state index >= 15 is 0 Å². The van der Waals surface area contributed by atoms with E-state index < -0.39 is 10.0 Å². The SMILES string of the molecule is Nc1nc(NCCc2ccc(S(N)(=O)=O)cc2)cc(-c2cc(Cl)cc(Cl)c2Cl)n1. The Balaban J connectivity index is 1.74. The summed E-state index contributed by atoms with van der Waals surface area (Å²) in [6.45, 7) is 0.522. The molecule has 29 heavy (non-hydrogen) atoms. The van der Waals surface area contributed by atoms with E-state index in [4.69, 9.17) is 45.7 Å². The average molecular weight is 473 g/mol. The van der Waals surface area contributed by atoms with Crippen LogP contribution in [0, 0.1) is 0 Å². The van der Waals surface area contributed by atoms with E-state index in [1.165, 1.54) is 12.1 Å². The van der Waals surface area contributed by atoms with Crippen LogP contribution in [0.5, 0.6) is 0 Å². The molecule has 1 aromatic heterocycles. The van der Waals surface area contributed by atoms with Gasteiger partial charge in [-0.1, -0.05) is 46.9 Å². The minimum absolute atomic E-state index is 0.0645. The molecule has 0 amide bonds. The van der Waals surface area contributed by atoms with Crippen LogP contribution >= 0.6 is 34.8 Å². The highest BCUT2D eigenvalue weighted by Gasteiger charge is 2.13. The molecule has 0 unspecified atom stereocenters. The highest BCUT2D eigenvalue weighted by atomic mass is 35.5. The number of nitrogens with zero attached hydrogens (tertiary/aromatic N) is 2. The second-order valence-corrected chi connectivity index (χ2v) is 8.89. The predicted octanol–water partition coefficient (Wildman–Crippen LogP) is 3.99. The van der Waals surface area contributed by atoms with Crippen molar-refractivity contribution in [3.05, 3.63) is 63.1 Å². The molecule has 0 saturated carbocycles. The molecule has 0 spiro atoms. The topological polar surface area (TPSA) is 124 Å². The number of hydrogen-bond donors (Lipinski definition) is 3. The summed E-state index contributed by atoms with van der Waals surface area (Å²) >= 11 is 18.4. The fraction of sp³-hybridized carbons (Fsp3) is 0.111. The first-order valence-electron chi connectivity index (χ1n) is 8.28. The summed E-state index contributed by atoms with van der Waals surface area (Å²) in [5.74, 6) is 0.565. The minimum atomic E-state index is -3.70. The monoisotopic (exact) mass is 471 g/mol. The number of sulfonamides is 1. The van der Waals surface area contributed by atoms with Crippen LogP contribution in [0.2, 0.25) is 15.1 Å². The third kappa shape index (κ3) is 5.49. The predicted molar refractivity (Wildman–Crippen MR) is 117 cm³/mol. The van der Waals surface area contributed by atoms with Gasteiger partial charge in [-0.25, -0.2) is 18.5 Å². The Morgan fingerprint density at radius 1 is 1.00 bits per heavy atom. The van der Waals surface area contributed by atoms with Crippen molar-refractivity contribution < 1.29 is 8.42 Å². The summed E-state index contributed by atoms with van der Waals surface area (Å²) < 4.78 is 22.6. The van der Waals surface area contributed by atoms with Crippen molar-refractivity contribution in [3.8, 4) is 11.3 Å². The normalized spacial score (nSPS) is 11.4. The number of primary sulfonamides is 1. The molecule has 2 aromatic carbocycles. The summed E-state index contributed by atoms with van der Waals surface area (Å²) in [5, 5.41) is 9.30. The number of nitrogens with one attached hydrogen (secondary N) is 1. The lowest BCUT2D eigenvalue weighted by molar-refractivity contribution is 0.598. The third-order valence-corrected chi connectivity index (χ3v) is 5.93. The van der Waals surface area contributed by atoms with E-state index in [0.717, 1.165) is 5.56 Å². The number of halogens is 3. The van der Waals surface area contributed by atoms with Crippen molar-refractivity contribution in [2.75, 3.05) is 17.6 Å². The van der Waals surface area contributed by atoms with Gasteiger partial charge in [-0.2, -0.15) is 4.98 Å². The van der Waals surface area contributed by atoms with Gasteiger partial charge in [-0.05, 0) is 36.2 Å². The highest BCUT2D eigenvalue weighted by Crippen LogP contribution is 2.36. The number of anilines is 2. The summed E-state index contributed by atoms with van der Waals surface area (Å²) in [6.07, 6.45) is 0.619. The van der Waals surface area contributed by atoms with Gasteiger partial charge in [0.05, 0.1) is 20.6 Å². The Morgan fingerprint density at radius 2 is 1.69 bits per heavy atom. The van der Waals surface area contributed by atoms with E-state index in [1.807, 2.05) is 0 Å². The maximum atomic E-state index is 11.3. The summed E-state index contributed by atoms with van der Waals surface area (Å²) in [6, 6.07) is 11.2. The quantitative estimate of drug-likeness (QED) is 0.466. The first-order valence-corrected chi connectivity index (χ1v) is 11.0. The number of benzene rings is 2. The van der Waals surface area contributed by atoms with Crippen LogP contribution in [0.4, 0.5) is 11.8 Å². The lowest BCUT2D eigenvalue weighted by atomic mass is 10.1. The zero-order valence-electron chi connectivity index (χ0n) is 14.9. The van der Waals surface area contributed by atoms with Gasteiger partial charge in [0.15, 0.2) is 0 Å². The average Bonchev–Trinajstić information content (AvgIpc) is 2.64. The standard InChI is InChI=1S/C18H16Cl3N5O2S/c19-11-7-13(17(21)14(20)8-11)15-9-16(26-18(22)25-15)24-6-5-10-1-3-12(4-2-10)29(23,27)28/h1-4,7-9H,5-6H2,(H2,23,27,28)(H3,22,24,25,26). The molecule has 11 heteroatoms. The van der Waals surface area contributed by atoms with E-state index in [1.54, 1.807) is 30.3 Å². The molecular formula is C18H16Cl3N5O2S. The van der Waals surface area contributed by atoms with Gasteiger partial charge in [0.25, 0.3) is 0 Å². The van der Waals surface area contributed by atoms with Crippen LogP contribution in [0.1, 0.15) is 5.56 Å². The fourth-order valence-corrected chi connectivity index (χ4v) is 3.83. The second kappa shape index (κ2) is 8.73. The molecule has 3 aromatic rings. The van der Waals surface area contributed by atoms with Gasteiger partial charge in [-0.3, -0.25) is 0 Å². The van der Waals surface area contributed by atoms with Crippen molar-refractivity contribution in [2.24, 2.45) is 5.14 Å². The van der Waals surface area contributed by atoms with E-state index in [9.17, 15) is 8.42 Å². The van der Waals surface area contributed by atoms with Crippen molar-refractivity contribution in [3.63, 3.8) is 0 Å². The summed E-state index contributed by atoms with van der Waals surface area (Å²) in [7, 11) is -3.70. The molecule has 152 valence electrons. The number of rotatable bonds is 6. The molecule has 0 bridgehead atoms. The number of nitrogens with two attached hydrogens (primary N) is 2. The van der Waals surface area contributed by atoms with Crippen LogP contribution < -0.4 is 16.2 Å². The third-order valence-electron chi connectivity index (χ3n) is 3.98. The summed E-state index contributed by atoms with van der Waals surface area (Å²) in [5.41, 5.74) is 7.77. The minimum Gasteiger partial charge on any atom is -0.370 e. The highest BCUT2D eigenvalue weighted by molar-refractivity contribution is 7.89. The molecule has 0 aliphatic carbocycles. The lowest BCUT2D eigenvalue weighted by Crippen LogP contribution is -2.12. The second-order valence-electron chi connectivity index (χ2n) is 6.11. The Bertz CT molecular complexity index is 1150. The van der Waals surface area contributed by atoms with E-state index in [2.05, 4.69) is 15.3 Å². The Labute approximate surface area is 183 Å². The molecule has 3 rings (SSSR count). The maximum Gasteiger partial charge on any atom is 0.238 e. The van der Waals surface area contributed by atoms with Crippen molar-refractivity contribution in [1.82, 2.24) is 9.97 Å². The van der Waals surface area contributed by atoms with Crippen molar-refractivity contribution >= 4 is 56.6 Å². The van der Waals surface area contributed by atoms with Crippen LogP contribution in [-0.4, -0.2) is 24.9 Å². The first-order chi connectivity index (χ1) is 13.6. The number of nitrogen functional groups attached to an aromatic ring is 1. The molecular weight excluding hydrogens is 457 g/mol. The maximum absolute atomic E-state index is 11.3. The Kier molecular flexibility index (Phi) is 6.50. The Morgan fingerprint density at radius 3 is 2.34 bits per heavy atom. The molecule has 0 fully saturated rings. The zero-order chi connectivity index (χ0) is 21.2. The van der Waals surface area contributed by atoms with Crippen LogP contribution in [0.15, 0.2) is 47.4 Å². The van der Waals surface area contributed by atoms with Crippen LogP contribution in [0.25, 0.3) is 11.3 Å². The van der Waals surface area contributed by atoms with Gasteiger partial charge in [0.2, 0.25) is 16.0 Å². The summed E-state index contributed by atoms with van der Waals surface area (Å²) in [4.78, 5) is 8.43. The van der Waals surface area contributed by atoms with Gasteiger partial charge < -0.3 is 11.1 Å². The number of hydrogen-bond acceptors (Lipinski definition) is 6. The van der Waals surface area contributed by atoms with Gasteiger partial charge in [-0.15, -0.1) is 0 Å². The Hall–Kier alpha value is -2.10. The largest absolute Gasteiger partial charge is 0.370 e. The van der Waals surface area contributed by atoms with Crippen molar-refractivity contribution in [1.29, 1.82) is 0 Å². The van der Waals surface area contributed by atoms with E-state index in [-0.39, 0.29) is 10.8 Å². The van der Waals surface area contributed by atoms with Gasteiger partial charge >= 0.3 is 0 Å². The van der Waals surface area contributed by atoms with Gasteiger partial charge in [0, 0.05) is 23.2 Å². The zero-order valence-corrected chi connectivity index (χ0v) is 17.9. The molecule has 0 aliphatic rings. The smallest absolute Gasteiger partial charge is 0.238 e. The molecule has 0 atom stereocenters.